The first-order valence-corrected chi connectivity index (χ1v) is 7.48. The van der Waals surface area contributed by atoms with Gasteiger partial charge in [0.15, 0.2) is 0 Å². The van der Waals surface area contributed by atoms with Crippen molar-refractivity contribution in [1.29, 1.82) is 0 Å². The van der Waals surface area contributed by atoms with Gasteiger partial charge in [-0.2, -0.15) is 13.2 Å². The topological polar surface area (TPSA) is 35.2 Å². The van der Waals surface area contributed by atoms with Crippen LogP contribution in [0, 0.1) is 0 Å². The minimum absolute atomic E-state index is 0.0363. The molecule has 0 aliphatic heterocycles. The summed E-state index contributed by atoms with van der Waals surface area (Å²) in [4.78, 5) is 0. The maximum Gasteiger partial charge on any atom is 0.419 e. The molecule has 5 heteroatoms. The minimum atomic E-state index is -4.45. The van der Waals surface area contributed by atoms with Crippen LogP contribution in [0.1, 0.15) is 17.2 Å². The Morgan fingerprint density at radius 2 is 1.54 bits per heavy atom. The van der Waals surface area contributed by atoms with Gasteiger partial charge in [0.2, 0.25) is 0 Å². The van der Waals surface area contributed by atoms with Crippen molar-refractivity contribution in [2.24, 2.45) is 5.73 Å². The van der Waals surface area contributed by atoms with Crippen molar-refractivity contribution < 1.29 is 17.9 Å². The maximum absolute atomic E-state index is 13.0. The molecular weight excluding hydrogens is 315 g/mol. The number of hydrogen-bond acceptors (Lipinski definition) is 2. The van der Waals surface area contributed by atoms with E-state index >= 15 is 0 Å². The molecule has 0 bridgehead atoms. The van der Waals surface area contributed by atoms with Gasteiger partial charge in [-0.05, 0) is 34.5 Å². The molecule has 0 radical (unpaired) electrons. The molecule has 0 heterocycles. The molecule has 0 aromatic heterocycles. The van der Waals surface area contributed by atoms with Crippen molar-refractivity contribution in [3.05, 3.63) is 77.9 Å². The summed E-state index contributed by atoms with van der Waals surface area (Å²) in [5.74, 6) is -0.207. The molecular formula is C19H16F3NO. The predicted octanol–water partition coefficient (Wildman–Crippen LogP) is 4.94. The van der Waals surface area contributed by atoms with Crippen LogP contribution < -0.4 is 10.5 Å². The van der Waals surface area contributed by atoms with Crippen molar-refractivity contribution in [1.82, 2.24) is 0 Å². The van der Waals surface area contributed by atoms with E-state index in [4.69, 9.17) is 10.5 Å². The lowest BCUT2D eigenvalue weighted by molar-refractivity contribution is -0.139. The zero-order chi connectivity index (χ0) is 17.2. The minimum Gasteiger partial charge on any atom is -0.491 e. The molecule has 24 heavy (non-hydrogen) atoms. The van der Waals surface area contributed by atoms with Crippen LogP contribution in [0.5, 0.6) is 5.75 Å². The SMILES string of the molecule is NC(COc1ccccc1C(F)(F)F)c1ccc2ccccc2c1. The number of nitrogens with two attached hydrogens (primary N) is 1. The average Bonchev–Trinajstić information content (AvgIpc) is 2.58. The molecule has 124 valence electrons. The van der Waals surface area contributed by atoms with E-state index in [2.05, 4.69) is 0 Å². The molecule has 3 rings (SSSR count). The first-order chi connectivity index (χ1) is 11.4. The fraction of sp³-hybridized carbons (Fsp3) is 0.158. The lowest BCUT2D eigenvalue weighted by Gasteiger charge is -2.17. The number of benzene rings is 3. The Labute approximate surface area is 137 Å². The van der Waals surface area contributed by atoms with Gasteiger partial charge in [0.1, 0.15) is 12.4 Å². The van der Waals surface area contributed by atoms with E-state index in [1.807, 2.05) is 42.5 Å². The van der Waals surface area contributed by atoms with Crippen LogP contribution in [0.4, 0.5) is 13.2 Å². The van der Waals surface area contributed by atoms with Crippen LogP contribution >= 0.6 is 0 Å². The molecule has 1 unspecified atom stereocenters. The third-order valence-electron chi connectivity index (χ3n) is 3.81. The molecule has 3 aromatic rings. The number of fused-ring (bicyclic) bond motifs is 1. The molecule has 0 aliphatic rings. The highest BCUT2D eigenvalue weighted by Crippen LogP contribution is 2.36. The van der Waals surface area contributed by atoms with Gasteiger partial charge < -0.3 is 10.5 Å². The van der Waals surface area contributed by atoms with Gasteiger partial charge in [-0.15, -0.1) is 0 Å². The second-order valence-corrected chi connectivity index (χ2v) is 5.52. The Morgan fingerprint density at radius 1 is 0.875 bits per heavy atom. The predicted molar refractivity (Wildman–Crippen MR) is 87.8 cm³/mol. The van der Waals surface area contributed by atoms with Crippen molar-refractivity contribution in [3.8, 4) is 5.75 Å². The third kappa shape index (κ3) is 3.51. The maximum atomic E-state index is 13.0. The number of ether oxygens (including phenoxy) is 1. The van der Waals surface area contributed by atoms with E-state index in [1.54, 1.807) is 0 Å². The van der Waals surface area contributed by atoms with Gasteiger partial charge in [-0.3, -0.25) is 0 Å². The summed E-state index contributed by atoms with van der Waals surface area (Å²) in [6.45, 7) is -0.0363. The smallest absolute Gasteiger partial charge is 0.419 e. The van der Waals surface area contributed by atoms with E-state index in [9.17, 15) is 13.2 Å². The molecule has 2 nitrogen and oxygen atoms in total. The van der Waals surface area contributed by atoms with E-state index in [0.717, 1.165) is 22.4 Å². The summed E-state index contributed by atoms with van der Waals surface area (Å²) < 4.78 is 44.2. The molecule has 3 aromatic carbocycles. The Morgan fingerprint density at radius 3 is 2.29 bits per heavy atom. The van der Waals surface area contributed by atoms with Crippen LogP contribution in [0.15, 0.2) is 66.7 Å². The van der Waals surface area contributed by atoms with Crippen LogP contribution in [0.25, 0.3) is 10.8 Å². The zero-order valence-electron chi connectivity index (χ0n) is 12.8. The number of halogens is 3. The quantitative estimate of drug-likeness (QED) is 0.735. The zero-order valence-corrected chi connectivity index (χ0v) is 12.8. The Kier molecular flexibility index (Phi) is 4.44. The van der Waals surface area contributed by atoms with Gasteiger partial charge in [0.25, 0.3) is 0 Å². The summed E-state index contributed by atoms with van der Waals surface area (Å²) >= 11 is 0. The number of rotatable bonds is 4. The van der Waals surface area contributed by atoms with Crippen LogP contribution in [-0.4, -0.2) is 6.61 Å². The van der Waals surface area contributed by atoms with Gasteiger partial charge in [0.05, 0.1) is 11.6 Å². The lowest BCUT2D eigenvalue weighted by atomic mass is 10.0. The van der Waals surface area contributed by atoms with Gasteiger partial charge in [-0.25, -0.2) is 0 Å². The monoisotopic (exact) mass is 331 g/mol. The van der Waals surface area contributed by atoms with Gasteiger partial charge in [-0.1, -0.05) is 48.5 Å². The first kappa shape index (κ1) is 16.3. The second-order valence-electron chi connectivity index (χ2n) is 5.52. The number of alkyl halides is 3. The Hall–Kier alpha value is -2.53. The average molecular weight is 331 g/mol. The summed E-state index contributed by atoms with van der Waals surface area (Å²) in [6.07, 6.45) is -4.45. The molecule has 0 spiro atoms. The van der Waals surface area contributed by atoms with Gasteiger partial charge in [0, 0.05) is 0 Å². The highest BCUT2D eigenvalue weighted by atomic mass is 19.4. The largest absolute Gasteiger partial charge is 0.491 e. The highest BCUT2D eigenvalue weighted by Gasteiger charge is 2.34. The molecule has 2 N–H and O–H groups in total. The molecule has 0 amide bonds. The van der Waals surface area contributed by atoms with Gasteiger partial charge >= 0.3 is 6.18 Å². The fourth-order valence-electron chi connectivity index (χ4n) is 2.54. The summed E-state index contributed by atoms with van der Waals surface area (Å²) in [5.41, 5.74) is 6.11. The molecule has 0 aliphatic carbocycles. The summed E-state index contributed by atoms with van der Waals surface area (Å²) in [7, 11) is 0. The third-order valence-corrected chi connectivity index (χ3v) is 3.81. The van der Waals surface area contributed by atoms with Crippen molar-refractivity contribution in [3.63, 3.8) is 0 Å². The standard InChI is InChI=1S/C19H16F3NO/c20-19(21,22)16-7-3-4-8-18(16)24-12-17(23)15-10-9-13-5-1-2-6-14(13)11-15/h1-11,17H,12,23H2. The first-order valence-electron chi connectivity index (χ1n) is 7.48. The van der Waals surface area contributed by atoms with Crippen LogP contribution in [0.3, 0.4) is 0 Å². The summed E-state index contributed by atoms with van der Waals surface area (Å²) in [6, 6.07) is 18.2. The van der Waals surface area contributed by atoms with Crippen LogP contribution in [0.2, 0.25) is 0 Å². The molecule has 0 saturated carbocycles. The molecule has 1 atom stereocenters. The molecule has 0 saturated heterocycles. The van der Waals surface area contributed by atoms with Crippen molar-refractivity contribution >= 4 is 10.8 Å². The van der Waals surface area contributed by atoms with Crippen molar-refractivity contribution in [2.75, 3.05) is 6.61 Å². The highest BCUT2D eigenvalue weighted by molar-refractivity contribution is 5.83. The molecule has 0 fully saturated rings. The lowest BCUT2D eigenvalue weighted by Crippen LogP contribution is -2.20. The summed E-state index contributed by atoms with van der Waals surface area (Å²) in [5, 5.41) is 2.11. The normalized spacial score (nSPS) is 13.0. The number of hydrogen-bond donors (Lipinski definition) is 1. The fourth-order valence-corrected chi connectivity index (χ4v) is 2.54. The second kappa shape index (κ2) is 6.53. The Bertz CT molecular complexity index is 845. The van der Waals surface area contributed by atoms with E-state index in [1.165, 1.54) is 18.2 Å². The number of para-hydroxylation sites is 1. The van der Waals surface area contributed by atoms with E-state index < -0.39 is 17.8 Å². The van der Waals surface area contributed by atoms with Crippen LogP contribution in [-0.2, 0) is 6.18 Å². The Balaban J connectivity index is 1.77. The van der Waals surface area contributed by atoms with E-state index in [-0.39, 0.29) is 12.4 Å². The van der Waals surface area contributed by atoms with E-state index in [0.29, 0.717) is 0 Å². The van der Waals surface area contributed by atoms with Crippen molar-refractivity contribution in [2.45, 2.75) is 12.2 Å².